The van der Waals surface area contributed by atoms with Crippen molar-refractivity contribution in [2.45, 2.75) is 26.3 Å². The minimum Gasteiger partial charge on any atom is -0.328 e. The molecule has 1 rings (SSSR count). The molecule has 19 heavy (non-hydrogen) atoms. The number of Topliss-reactive ketones (excluding diaryl/α,β-unsaturated/α-hetero) is 1. The molecule has 0 radical (unpaired) electrons. The van der Waals surface area contributed by atoms with Crippen molar-refractivity contribution in [3.63, 3.8) is 0 Å². The summed E-state index contributed by atoms with van der Waals surface area (Å²) in [7, 11) is 0. The Morgan fingerprint density at radius 1 is 1.37 bits per heavy atom. The fourth-order valence-electron chi connectivity index (χ4n) is 1.52. The lowest BCUT2D eigenvalue weighted by atomic mass is 10.1. The van der Waals surface area contributed by atoms with Crippen molar-refractivity contribution < 1.29 is 9.59 Å². The molecule has 104 valence electrons. The molecular formula is C14H20N2O2S. The molecule has 0 bridgehead atoms. The number of anilines is 1. The zero-order valence-corrected chi connectivity index (χ0v) is 12.1. The van der Waals surface area contributed by atoms with E-state index in [0.717, 1.165) is 12.2 Å². The minimum atomic E-state index is -0.0941. The predicted octanol–water partition coefficient (Wildman–Crippen LogP) is 2.30. The predicted molar refractivity (Wildman–Crippen MR) is 80.7 cm³/mol. The van der Waals surface area contributed by atoms with Gasteiger partial charge in [0.05, 0.1) is 11.4 Å². The highest BCUT2D eigenvalue weighted by Crippen LogP contribution is 2.16. The first-order valence-electron chi connectivity index (χ1n) is 6.24. The van der Waals surface area contributed by atoms with E-state index in [0.29, 0.717) is 17.0 Å². The molecule has 1 unspecified atom stereocenters. The standard InChI is InChI=1S/C14H20N2O2S/c1-10(15)7-8-19-9-14(18)16-13-6-4-3-5-12(13)11(2)17/h3-6,10H,7-9,15H2,1-2H3,(H,16,18). The molecule has 0 aliphatic heterocycles. The van der Waals surface area contributed by atoms with Gasteiger partial charge in [-0.1, -0.05) is 12.1 Å². The summed E-state index contributed by atoms with van der Waals surface area (Å²) in [4.78, 5) is 23.2. The molecule has 0 heterocycles. The number of thioether (sulfide) groups is 1. The zero-order valence-electron chi connectivity index (χ0n) is 11.3. The van der Waals surface area contributed by atoms with E-state index in [1.807, 2.05) is 6.92 Å². The molecule has 3 N–H and O–H groups in total. The van der Waals surface area contributed by atoms with Crippen LogP contribution in [0.4, 0.5) is 5.69 Å². The van der Waals surface area contributed by atoms with Gasteiger partial charge in [-0.2, -0.15) is 11.8 Å². The second-order valence-electron chi connectivity index (χ2n) is 4.47. The van der Waals surface area contributed by atoms with Gasteiger partial charge in [-0.05, 0) is 38.2 Å². The maximum atomic E-state index is 11.8. The van der Waals surface area contributed by atoms with Crippen molar-refractivity contribution in [2.75, 3.05) is 16.8 Å². The van der Waals surface area contributed by atoms with Gasteiger partial charge >= 0.3 is 0 Å². The Morgan fingerprint density at radius 2 is 2.05 bits per heavy atom. The van der Waals surface area contributed by atoms with E-state index in [9.17, 15) is 9.59 Å². The van der Waals surface area contributed by atoms with E-state index in [1.165, 1.54) is 6.92 Å². The lowest BCUT2D eigenvalue weighted by molar-refractivity contribution is -0.113. The average Bonchev–Trinajstić information content (AvgIpc) is 2.35. The van der Waals surface area contributed by atoms with Crippen LogP contribution in [0.2, 0.25) is 0 Å². The maximum Gasteiger partial charge on any atom is 0.234 e. The van der Waals surface area contributed by atoms with E-state index in [4.69, 9.17) is 5.73 Å². The van der Waals surface area contributed by atoms with E-state index in [1.54, 1.807) is 36.0 Å². The molecule has 1 atom stereocenters. The summed E-state index contributed by atoms with van der Waals surface area (Å²) in [6.45, 7) is 3.44. The highest BCUT2D eigenvalue weighted by atomic mass is 32.2. The molecular weight excluding hydrogens is 260 g/mol. The number of hydrogen-bond acceptors (Lipinski definition) is 4. The second kappa shape index (κ2) is 7.96. The molecule has 4 nitrogen and oxygen atoms in total. The molecule has 0 saturated heterocycles. The minimum absolute atomic E-state index is 0.0551. The normalized spacial score (nSPS) is 11.9. The summed E-state index contributed by atoms with van der Waals surface area (Å²) in [6, 6.07) is 7.19. The highest BCUT2D eigenvalue weighted by Gasteiger charge is 2.09. The fraction of sp³-hybridized carbons (Fsp3) is 0.429. The number of nitrogens with two attached hydrogens (primary N) is 1. The van der Waals surface area contributed by atoms with Crippen LogP contribution in [0.15, 0.2) is 24.3 Å². The maximum absolute atomic E-state index is 11.8. The molecule has 0 spiro atoms. The number of benzene rings is 1. The monoisotopic (exact) mass is 280 g/mol. The lowest BCUT2D eigenvalue weighted by Gasteiger charge is -2.09. The Hall–Kier alpha value is -1.33. The van der Waals surface area contributed by atoms with Crippen LogP contribution in [0.1, 0.15) is 30.6 Å². The van der Waals surface area contributed by atoms with Crippen molar-refractivity contribution in [3.05, 3.63) is 29.8 Å². The number of carbonyl (C=O) groups is 2. The summed E-state index contributed by atoms with van der Waals surface area (Å²) < 4.78 is 0. The molecule has 0 fully saturated rings. The van der Waals surface area contributed by atoms with Gasteiger partial charge in [0.1, 0.15) is 0 Å². The summed E-state index contributed by atoms with van der Waals surface area (Å²) in [5.74, 6) is 1.09. The van der Waals surface area contributed by atoms with Crippen LogP contribution in [0.25, 0.3) is 0 Å². The van der Waals surface area contributed by atoms with Crippen LogP contribution in [-0.2, 0) is 4.79 Å². The summed E-state index contributed by atoms with van der Waals surface area (Å²) >= 11 is 1.55. The molecule has 0 aliphatic carbocycles. The summed E-state index contributed by atoms with van der Waals surface area (Å²) in [5.41, 5.74) is 6.75. The van der Waals surface area contributed by atoms with Gasteiger partial charge < -0.3 is 11.1 Å². The van der Waals surface area contributed by atoms with Gasteiger partial charge in [0.25, 0.3) is 0 Å². The third kappa shape index (κ3) is 5.89. The van der Waals surface area contributed by atoms with Gasteiger partial charge in [-0.3, -0.25) is 9.59 Å². The third-order valence-electron chi connectivity index (χ3n) is 2.53. The average molecular weight is 280 g/mol. The fourth-order valence-corrected chi connectivity index (χ4v) is 2.46. The summed E-state index contributed by atoms with van der Waals surface area (Å²) in [5, 5.41) is 2.77. The van der Waals surface area contributed by atoms with Crippen molar-refractivity contribution in [1.82, 2.24) is 0 Å². The molecule has 0 saturated carbocycles. The van der Waals surface area contributed by atoms with Gasteiger partial charge in [-0.25, -0.2) is 0 Å². The van der Waals surface area contributed by atoms with Gasteiger partial charge in [-0.15, -0.1) is 0 Å². The highest BCUT2D eigenvalue weighted by molar-refractivity contribution is 7.99. The number of para-hydroxylation sites is 1. The first kappa shape index (κ1) is 15.7. The summed E-state index contributed by atoms with van der Waals surface area (Å²) in [6.07, 6.45) is 0.891. The van der Waals surface area contributed by atoms with Crippen LogP contribution in [0.5, 0.6) is 0 Å². The van der Waals surface area contributed by atoms with Crippen LogP contribution in [0, 0.1) is 0 Å². The number of rotatable bonds is 7. The number of amides is 1. The second-order valence-corrected chi connectivity index (χ2v) is 5.57. The molecule has 1 aromatic rings. The Kier molecular flexibility index (Phi) is 6.59. The zero-order chi connectivity index (χ0) is 14.3. The largest absolute Gasteiger partial charge is 0.328 e. The first-order chi connectivity index (χ1) is 9.00. The van der Waals surface area contributed by atoms with E-state index in [2.05, 4.69) is 5.32 Å². The van der Waals surface area contributed by atoms with Crippen molar-refractivity contribution in [2.24, 2.45) is 5.73 Å². The van der Waals surface area contributed by atoms with E-state index >= 15 is 0 Å². The third-order valence-corrected chi connectivity index (χ3v) is 3.52. The first-order valence-corrected chi connectivity index (χ1v) is 7.39. The Balaban J connectivity index is 2.46. The molecule has 0 aromatic heterocycles. The number of carbonyl (C=O) groups excluding carboxylic acids is 2. The van der Waals surface area contributed by atoms with Crippen LogP contribution < -0.4 is 11.1 Å². The smallest absolute Gasteiger partial charge is 0.234 e. The van der Waals surface area contributed by atoms with Crippen molar-refractivity contribution >= 4 is 29.1 Å². The van der Waals surface area contributed by atoms with E-state index in [-0.39, 0.29) is 17.7 Å². The molecule has 1 amide bonds. The van der Waals surface area contributed by atoms with Gasteiger partial charge in [0, 0.05) is 11.6 Å². The quantitative estimate of drug-likeness (QED) is 0.594. The molecule has 1 aromatic carbocycles. The molecule has 5 heteroatoms. The Morgan fingerprint density at radius 3 is 2.68 bits per heavy atom. The van der Waals surface area contributed by atoms with Gasteiger partial charge in [0.2, 0.25) is 5.91 Å². The van der Waals surface area contributed by atoms with Crippen LogP contribution >= 0.6 is 11.8 Å². The van der Waals surface area contributed by atoms with Crippen molar-refractivity contribution in [1.29, 1.82) is 0 Å². The number of ketones is 1. The molecule has 0 aliphatic rings. The Labute approximate surface area is 118 Å². The van der Waals surface area contributed by atoms with Gasteiger partial charge in [0.15, 0.2) is 5.78 Å². The lowest BCUT2D eigenvalue weighted by Crippen LogP contribution is -2.18. The van der Waals surface area contributed by atoms with E-state index < -0.39 is 0 Å². The van der Waals surface area contributed by atoms with Crippen LogP contribution in [0.3, 0.4) is 0 Å². The van der Waals surface area contributed by atoms with Crippen LogP contribution in [-0.4, -0.2) is 29.2 Å². The number of hydrogen-bond donors (Lipinski definition) is 2. The van der Waals surface area contributed by atoms with Crippen molar-refractivity contribution in [3.8, 4) is 0 Å². The SMILES string of the molecule is CC(=O)c1ccccc1NC(=O)CSCCC(C)N. The topological polar surface area (TPSA) is 72.2 Å². The number of nitrogens with one attached hydrogen (secondary N) is 1. The Bertz CT molecular complexity index is 447.